The molecule has 0 N–H and O–H groups in total. The third-order valence-corrected chi connectivity index (χ3v) is 10.1. The average Bonchev–Trinajstić information content (AvgIpc) is 3.54. The van der Waals surface area contributed by atoms with Gasteiger partial charge in [-0.25, -0.2) is 8.78 Å². The van der Waals surface area contributed by atoms with Crippen LogP contribution in [-0.2, 0) is 43.9 Å². The van der Waals surface area contributed by atoms with Gasteiger partial charge in [-0.2, -0.15) is 18.3 Å². The molecule has 3 heterocycles. The van der Waals surface area contributed by atoms with E-state index in [4.69, 9.17) is 0 Å². The first-order valence-corrected chi connectivity index (χ1v) is 17.6. The molecule has 5 aromatic rings. The summed E-state index contributed by atoms with van der Waals surface area (Å²) < 4.78 is 71.0. The fourth-order valence-corrected chi connectivity index (χ4v) is 7.01. The second-order valence-electron chi connectivity index (χ2n) is 13.6. The van der Waals surface area contributed by atoms with Crippen molar-refractivity contribution < 1.29 is 26.7 Å². The topological polar surface area (TPSA) is 63.4 Å². The molecule has 6 rings (SSSR count). The Balaban J connectivity index is 1.26. The first-order valence-electron chi connectivity index (χ1n) is 17.6. The third kappa shape index (κ3) is 8.61. The molecule has 0 spiro atoms. The number of nitrogens with zero attached hydrogens (tertiary/aromatic N) is 5. The molecule has 12 heteroatoms. The molecule has 0 radical (unpaired) electrons. The van der Waals surface area contributed by atoms with Gasteiger partial charge in [-0.15, -0.1) is 0 Å². The number of carbonyl (C=O) groups excluding carboxylic acids is 1. The van der Waals surface area contributed by atoms with Crippen LogP contribution in [0.3, 0.4) is 0 Å². The van der Waals surface area contributed by atoms with Crippen molar-refractivity contribution in [1.82, 2.24) is 24.1 Å². The Morgan fingerprint density at radius 2 is 1.62 bits per heavy atom. The van der Waals surface area contributed by atoms with Crippen LogP contribution in [0.1, 0.15) is 48.6 Å². The number of likely N-dealkylation sites (tertiary alicyclic amines) is 1. The highest BCUT2D eigenvalue weighted by Crippen LogP contribution is 2.31. The Morgan fingerprint density at radius 1 is 0.942 bits per heavy atom. The number of piperidine rings is 1. The second kappa shape index (κ2) is 15.8. The molecular weight excluding hydrogens is 677 g/mol. The predicted molar refractivity (Wildman–Crippen MR) is 190 cm³/mol. The number of alkyl halides is 3. The van der Waals surface area contributed by atoms with Gasteiger partial charge in [0.05, 0.1) is 10.9 Å². The Morgan fingerprint density at radius 3 is 2.27 bits per heavy atom. The number of carbonyl (C=O) groups is 1. The summed E-state index contributed by atoms with van der Waals surface area (Å²) in [6.07, 6.45) is 0.398. The van der Waals surface area contributed by atoms with Gasteiger partial charge >= 0.3 is 6.18 Å². The van der Waals surface area contributed by atoms with Gasteiger partial charge in [0.15, 0.2) is 22.7 Å². The average molecular weight is 720 g/mol. The zero-order chi connectivity index (χ0) is 37.0. The van der Waals surface area contributed by atoms with Crippen LogP contribution in [0.4, 0.5) is 22.0 Å². The normalized spacial score (nSPS) is 14.3. The van der Waals surface area contributed by atoms with E-state index in [0.717, 1.165) is 68.2 Å². The van der Waals surface area contributed by atoms with E-state index in [1.54, 1.807) is 17.8 Å². The monoisotopic (exact) mass is 719 g/mol. The molecule has 3 aromatic carbocycles. The summed E-state index contributed by atoms with van der Waals surface area (Å²) in [5, 5.41) is 4.87. The van der Waals surface area contributed by atoms with Crippen molar-refractivity contribution in [3.8, 4) is 11.1 Å². The zero-order valence-electron chi connectivity index (χ0n) is 29.3. The molecule has 1 amide bonds. The van der Waals surface area contributed by atoms with Gasteiger partial charge in [0, 0.05) is 38.1 Å². The van der Waals surface area contributed by atoms with Crippen molar-refractivity contribution in [2.45, 2.75) is 58.3 Å². The van der Waals surface area contributed by atoms with Crippen molar-refractivity contribution >= 4 is 16.9 Å². The molecule has 1 fully saturated rings. The van der Waals surface area contributed by atoms with Gasteiger partial charge in [0.25, 0.3) is 0 Å². The van der Waals surface area contributed by atoms with Crippen molar-refractivity contribution in [3.63, 3.8) is 0 Å². The van der Waals surface area contributed by atoms with E-state index in [2.05, 4.69) is 16.9 Å². The first-order chi connectivity index (χ1) is 24.9. The summed E-state index contributed by atoms with van der Waals surface area (Å²) in [7, 11) is 1.69. The number of halogens is 5. The number of rotatable bonds is 12. The van der Waals surface area contributed by atoms with Crippen molar-refractivity contribution in [2.24, 2.45) is 13.0 Å². The number of aryl methyl sites for hydroxylation is 3. The van der Waals surface area contributed by atoms with E-state index in [9.17, 15) is 31.5 Å². The summed E-state index contributed by atoms with van der Waals surface area (Å²) in [5.74, 6) is -1.61. The van der Waals surface area contributed by atoms with Crippen LogP contribution in [0.15, 0.2) is 83.8 Å². The fraction of sp³-hybridized carbons (Fsp3) is 0.375. The van der Waals surface area contributed by atoms with E-state index < -0.39 is 23.4 Å². The summed E-state index contributed by atoms with van der Waals surface area (Å²) >= 11 is 0. The zero-order valence-corrected chi connectivity index (χ0v) is 29.3. The first kappa shape index (κ1) is 36.9. The summed E-state index contributed by atoms with van der Waals surface area (Å²) in [4.78, 5) is 31.7. The highest BCUT2D eigenvalue weighted by molar-refractivity contribution is 5.80. The lowest BCUT2D eigenvalue weighted by atomic mass is 9.93. The van der Waals surface area contributed by atoms with Crippen LogP contribution in [0, 0.1) is 17.6 Å². The minimum absolute atomic E-state index is 0.112. The van der Waals surface area contributed by atoms with Crippen molar-refractivity contribution in [1.29, 1.82) is 0 Å². The molecule has 0 unspecified atom stereocenters. The third-order valence-electron chi connectivity index (χ3n) is 10.1. The Labute approximate surface area is 299 Å². The molecule has 0 aliphatic carbocycles. The minimum Gasteiger partial charge on any atom is -0.337 e. The van der Waals surface area contributed by atoms with Crippen LogP contribution in [-0.4, -0.2) is 56.2 Å². The SMILES string of the molecule is CCN1CCC(CCN(Cc2ccc(-c3ccc(C(F)(F)F)cc3)cc2)C(=O)Cn2c(CCc3cccc(F)c3F)cc(=O)c3cn(C)nc32)CC1. The Bertz CT molecular complexity index is 2060. The molecular formula is C40H42F5N5O2. The lowest BCUT2D eigenvalue weighted by Gasteiger charge is -2.32. The molecule has 274 valence electrons. The van der Waals surface area contributed by atoms with Gasteiger partial charge in [-0.1, -0.05) is 55.5 Å². The standard InChI is InChI=1S/C40H42F5N5O2/c1-3-48-20-17-27(18-21-48)19-22-49(24-28-7-9-29(10-8-28)30-11-14-32(15-12-30)40(43,44)45)37(52)26-50-33(16-13-31-5-4-6-35(41)38(31)42)23-36(51)34-25-47(2)46-39(34)50/h4-12,14-15,23,25,27H,3,13,16-22,24,26H2,1-2H3. The number of fused-ring (bicyclic) bond motifs is 1. The molecule has 1 saturated heterocycles. The number of pyridine rings is 1. The second-order valence-corrected chi connectivity index (χ2v) is 13.6. The molecule has 1 aliphatic heterocycles. The maximum atomic E-state index is 14.6. The van der Waals surface area contributed by atoms with Crippen LogP contribution >= 0.6 is 0 Å². The maximum absolute atomic E-state index is 14.6. The van der Waals surface area contributed by atoms with E-state index in [-0.39, 0.29) is 36.3 Å². The smallest absolute Gasteiger partial charge is 0.337 e. The van der Waals surface area contributed by atoms with Gasteiger partial charge in [-0.3, -0.25) is 14.3 Å². The summed E-state index contributed by atoms with van der Waals surface area (Å²) in [6.45, 7) is 5.89. The maximum Gasteiger partial charge on any atom is 0.416 e. The summed E-state index contributed by atoms with van der Waals surface area (Å²) in [5.41, 5.74) is 2.27. The molecule has 0 saturated carbocycles. The summed E-state index contributed by atoms with van der Waals surface area (Å²) in [6, 6.07) is 17.9. The van der Waals surface area contributed by atoms with Crippen molar-refractivity contribution in [2.75, 3.05) is 26.2 Å². The van der Waals surface area contributed by atoms with Crippen molar-refractivity contribution in [3.05, 3.63) is 123 Å². The van der Waals surface area contributed by atoms with E-state index in [0.29, 0.717) is 41.3 Å². The lowest BCUT2D eigenvalue weighted by molar-refractivity contribution is -0.137. The van der Waals surface area contributed by atoms with Crippen LogP contribution in [0.2, 0.25) is 0 Å². The quantitative estimate of drug-likeness (QED) is 0.125. The molecule has 1 aliphatic rings. The number of aromatic nitrogens is 3. The van der Waals surface area contributed by atoms with Gasteiger partial charge < -0.3 is 14.4 Å². The molecule has 0 atom stereocenters. The van der Waals surface area contributed by atoms with E-state index in [1.165, 1.54) is 35.0 Å². The Hall–Kier alpha value is -4.84. The number of hydrogen-bond acceptors (Lipinski definition) is 4. The van der Waals surface area contributed by atoms with Crippen LogP contribution < -0.4 is 5.43 Å². The predicted octanol–water partition coefficient (Wildman–Crippen LogP) is 7.64. The molecule has 0 bridgehead atoms. The van der Waals surface area contributed by atoms with E-state index in [1.807, 2.05) is 29.2 Å². The van der Waals surface area contributed by atoms with Gasteiger partial charge in [0.1, 0.15) is 6.54 Å². The highest BCUT2D eigenvalue weighted by Gasteiger charge is 2.30. The molecule has 52 heavy (non-hydrogen) atoms. The van der Waals surface area contributed by atoms with Gasteiger partial charge in [0.2, 0.25) is 5.91 Å². The molecule has 2 aromatic heterocycles. The number of amides is 1. The largest absolute Gasteiger partial charge is 0.416 e. The van der Waals surface area contributed by atoms with Gasteiger partial charge in [-0.05, 0) is 98.1 Å². The number of benzene rings is 3. The minimum atomic E-state index is -4.41. The van der Waals surface area contributed by atoms with E-state index >= 15 is 0 Å². The van der Waals surface area contributed by atoms with Crippen LogP contribution in [0.5, 0.6) is 0 Å². The molecule has 7 nitrogen and oxygen atoms in total. The lowest BCUT2D eigenvalue weighted by Crippen LogP contribution is -2.38. The number of hydrogen-bond donors (Lipinski definition) is 0. The fourth-order valence-electron chi connectivity index (χ4n) is 7.01. The van der Waals surface area contributed by atoms with Crippen LogP contribution in [0.25, 0.3) is 22.2 Å². The highest BCUT2D eigenvalue weighted by atomic mass is 19.4. The Kier molecular flexibility index (Phi) is 11.2.